The number of rotatable bonds is 7. The molecule has 9 heteroatoms. The molecule has 0 saturated heterocycles. The first-order valence-electron chi connectivity index (χ1n) is 13.2. The quantitative estimate of drug-likeness (QED) is 0.230. The van der Waals surface area contributed by atoms with Crippen LogP contribution in [0.1, 0.15) is 60.3 Å². The molecule has 208 valence electrons. The van der Waals surface area contributed by atoms with E-state index in [1.165, 1.54) is 0 Å². The highest BCUT2D eigenvalue weighted by Crippen LogP contribution is 2.40. The number of carbonyl (C=O) groups is 1. The lowest BCUT2D eigenvalue weighted by atomic mass is 9.86. The number of benzene rings is 3. The number of hydrogen-bond donors (Lipinski definition) is 3. The second kappa shape index (κ2) is 9.91. The summed E-state index contributed by atoms with van der Waals surface area (Å²) in [6.07, 6.45) is 1.87. The summed E-state index contributed by atoms with van der Waals surface area (Å²) in [7, 11) is -4.32. The van der Waals surface area contributed by atoms with E-state index in [2.05, 4.69) is 9.89 Å². The summed E-state index contributed by atoms with van der Waals surface area (Å²) in [6, 6.07) is 14.5. The van der Waals surface area contributed by atoms with Crippen LogP contribution in [0.5, 0.6) is 11.5 Å². The highest BCUT2D eigenvalue weighted by Gasteiger charge is 2.36. The monoisotopic (exact) mass is 561 g/mol. The van der Waals surface area contributed by atoms with Gasteiger partial charge in [0.15, 0.2) is 5.54 Å². The molecule has 2 heterocycles. The van der Waals surface area contributed by atoms with Crippen molar-refractivity contribution in [3.63, 3.8) is 0 Å². The van der Waals surface area contributed by atoms with E-state index in [0.29, 0.717) is 45.5 Å². The van der Waals surface area contributed by atoms with Crippen LogP contribution in [0.3, 0.4) is 0 Å². The van der Waals surface area contributed by atoms with Crippen LogP contribution in [0.25, 0.3) is 11.1 Å². The molecule has 0 fully saturated rings. The van der Waals surface area contributed by atoms with Gasteiger partial charge in [-0.15, -0.1) is 0 Å². The Labute approximate surface area is 233 Å². The van der Waals surface area contributed by atoms with Gasteiger partial charge in [-0.2, -0.15) is 8.42 Å². The first kappa shape index (κ1) is 27.6. The Hall–Kier alpha value is -3.95. The van der Waals surface area contributed by atoms with Crippen molar-refractivity contribution in [3.8, 4) is 11.5 Å². The predicted molar refractivity (Wildman–Crippen MR) is 156 cm³/mol. The molecule has 0 saturated carbocycles. The van der Waals surface area contributed by atoms with E-state index in [0.717, 1.165) is 28.7 Å². The van der Waals surface area contributed by atoms with Gasteiger partial charge in [0.05, 0.1) is 17.2 Å². The van der Waals surface area contributed by atoms with Gasteiger partial charge in [-0.25, -0.2) is 9.37 Å². The third-order valence-electron chi connectivity index (χ3n) is 7.49. The lowest BCUT2D eigenvalue weighted by Crippen LogP contribution is -2.50. The highest BCUT2D eigenvalue weighted by atomic mass is 32.2. The smallest absolute Gasteiger partial charge is 0.336 e. The Morgan fingerprint density at radius 1 is 1.02 bits per heavy atom. The minimum absolute atomic E-state index is 0.146. The number of hydrogen-bond acceptors (Lipinski definition) is 5. The number of nitrogens with zero attached hydrogens (tertiary/aromatic N) is 1. The van der Waals surface area contributed by atoms with Crippen LogP contribution in [-0.4, -0.2) is 48.4 Å². The summed E-state index contributed by atoms with van der Waals surface area (Å²) in [5, 5.41) is 14.9. The van der Waals surface area contributed by atoms with E-state index in [1.807, 2.05) is 65.0 Å². The van der Waals surface area contributed by atoms with Crippen molar-refractivity contribution in [1.82, 2.24) is 4.58 Å². The second-order valence-electron chi connectivity index (χ2n) is 10.7. The minimum atomic E-state index is -4.32. The summed E-state index contributed by atoms with van der Waals surface area (Å²) in [4.78, 5) is 12.3. The molecule has 0 aliphatic carbocycles. The average Bonchev–Trinajstić information content (AvgIpc) is 2.86. The van der Waals surface area contributed by atoms with E-state index < -0.39 is 27.4 Å². The normalized spacial score (nSPS) is 15.4. The third kappa shape index (κ3) is 4.80. The second-order valence-corrected chi connectivity index (χ2v) is 12.1. The summed E-state index contributed by atoms with van der Waals surface area (Å²) in [5.41, 5.74) is 4.59. The zero-order valence-corrected chi connectivity index (χ0v) is 24.0. The van der Waals surface area contributed by atoms with Gasteiger partial charge in [0.1, 0.15) is 23.8 Å². The van der Waals surface area contributed by atoms with E-state index in [9.17, 15) is 22.9 Å². The summed E-state index contributed by atoms with van der Waals surface area (Å²) < 4.78 is 42.6. The fourth-order valence-corrected chi connectivity index (χ4v) is 6.54. The summed E-state index contributed by atoms with van der Waals surface area (Å²) in [5.74, 6) is -0.461. The number of fused-ring (bicyclic) bond motifs is 3. The molecule has 5 rings (SSSR count). The van der Waals surface area contributed by atoms with Crippen LogP contribution in [0, 0.1) is 6.92 Å². The molecule has 0 amide bonds. The van der Waals surface area contributed by atoms with E-state index in [4.69, 9.17) is 4.74 Å². The standard InChI is InChI=1S/C31H32N2O6S/c1-6-32-25-14-27-23(12-18(25)3)29(20-10-8-9-11-21(20)30(34)35)24-13-22-19(17-40(36,37)38)16-31(4,5)33(7-2)26(22)15-28(24)39-27/h8-16H,6-7,17H2,1-5H3,(H2,34,35,36,37,38)/p+1. The molecule has 3 aromatic carbocycles. The molecule has 0 unspecified atom stereocenters. The lowest BCUT2D eigenvalue weighted by Gasteiger charge is -2.27. The number of anilines is 1. The molecule has 0 aromatic heterocycles. The Morgan fingerprint density at radius 2 is 1.75 bits per heavy atom. The molecular weight excluding hydrogens is 528 g/mol. The zero-order chi connectivity index (χ0) is 29.0. The van der Waals surface area contributed by atoms with Crippen LogP contribution in [0.2, 0.25) is 0 Å². The third-order valence-corrected chi connectivity index (χ3v) is 8.17. The van der Waals surface area contributed by atoms with Crippen molar-refractivity contribution in [3.05, 3.63) is 93.0 Å². The number of carboxylic acids is 1. The van der Waals surface area contributed by atoms with Crippen molar-refractivity contribution >= 4 is 32.9 Å². The van der Waals surface area contributed by atoms with Gasteiger partial charge in [-0.1, -0.05) is 18.2 Å². The molecule has 3 aromatic rings. The molecule has 0 spiro atoms. The van der Waals surface area contributed by atoms with Crippen LogP contribution in [-0.2, 0) is 10.1 Å². The van der Waals surface area contributed by atoms with Gasteiger partial charge < -0.3 is 15.2 Å². The van der Waals surface area contributed by atoms with Gasteiger partial charge in [0.25, 0.3) is 10.1 Å². The van der Waals surface area contributed by atoms with Crippen molar-refractivity contribution in [2.45, 2.75) is 40.2 Å². The van der Waals surface area contributed by atoms with Gasteiger partial charge in [0, 0.05) is 48.5 Å². The molecule has 40 heavy (non-hydrogen) atoms. The van der Waals surface area contributed by atoms with E-state index >= 15 is 0 Å². The first-order valence-corrected chi connectivity index (χ1v) is 14.8. The number of carboxylic acid groups (broad SMARTS) is 1. The average molecular weight is 562 g/mol. The molecule has 0 bridgehead atoms. The number of ether oxygens (including phenoxy) is 1. The molecular formula is C31H33N2O6S+. The number of aromatic carboxylic acids is 1. The zero-order valence-electron chi connectivity index (χ0n) is 23.2. The van der Waals surface area contributed by atoms with E-state index in [-0.39, 0.29) is 5.56 Å². The summed E-state index contributed by atoms with van der Waals surface area (Å²) >= 11 is 0. The SMILES string of the molecule is CCNc1cc2c(cc1C)C(c1ccccc1C(=O)O)=c1cc3c(cc1O2)=[N+](CC)C(C)(C)C=C3CS(=O)(=O)O. The Balaban J connectivity index is 1.96. The largest absolute Gasteiger partial charge is 0.478 e. The fraction of sp³-hybridized carbons (Fsp3) is 0.290. The van der Waals surface area contributed by atoms with Gasteiger partial charge in [-0.3, -0.25) is 4.55 Å². The molecule has 8 nitrogen and oxygen atoms in total. The highest BCUT2D eigenvalue weighted by molar-refractivity contribution is 7.86. The fourth-order valence-electron chi connectivity index (χ4n) is 5.91. The number of nitrogens with one attached hydrogen (secondary N) is 1. The van der Waals surface area contributed by atoms with Crippen LogP contribution in [0.15, 0.2) is 54.6 Å². The molecule has 0 radical (unpaired) electrons. The van der Waals surface area contributed by atoms with E-state index in [1.54, 1.807) is 24.3 Å². The molecule has 2 aliphatic rings. The number of likely N-dealkylation sites (N-methyl/N-ethyl adjacent to an activating group) is 1. The Morgan fingerprint density at radius 3 is 2.40 bits per heavy atom. The molecule has 2 aliphatic heterocycles. The van der Waals surface area contributed by atoms with Crippen LogP contribution >= 0.6 is 0 Å². The number of aryl methyl sites for hydroxylation is 1. The van der Waals surface area contributed by atoms with Crippen molar-refractivity contribution in [2.24, 2.45) is 0 Å². The molecule has 3 N–H and O–H groups in total. The van der Waals surface area contributed by atoms with Crippen molar-refractivity contribution in [1.29, 1.82) is 0 Å². The summed E-state index contributed by atoms with van der Waals surface area (Å²) in [6.45, 7) is 11.4. The first-order chi connectivity index (χ1) is 18.8. The van der Waals surface area contributed by atoms with Gasteiger partial charge in [-0.05, 0) is 61.7 Å². The molecule has 0 atom stereocenters. The maximum absolute atomic E-state index is 12.3. The lowest BCUT2D eigenvalue weighted by molar-refractivity contribution is 0.0696. The topological polar surface area (TPSA) is 116 Å². The Bertz CT molecular complexity index is 1840. The predicted octanol–water partition coefficient (Wildman–Crippen LogP) is 4.05. The minimum Gasteiger partial charge on any atom is -0.478 e. The Kier molecular flexibility index (Phi) is 6.84. The maximum atomic E-state index is 12.3. The van der Waals surface area contributed by atoms with Crippen LogP contribution < -0.4 is 25.2 Å². The van der Waals surface area contributed by atoms with Gasteiger partial charge in [0.2, 0.25) is 5.36 Å². The van der Waals surface area contributed by atoms with Crippen molar-refractivity contribution < 1.29 is 27.6 Å². The van der Waals surface area contributed by atoms with Gasteiger partial charge >= 0.3 is 5.97 Å². The van der Waals surface area contributed by atoms with Crippen LogP contribution in [0.4, 0.5) is 5.69 Å². The maximum Gasteiger partial charge on any atom is 0.336 e. The van der Waals surface area contributed by atoms with Crippen molar-refractivity contribution in [2.75, 3.05) is 24.2 Å².